The Balaban J connectivity index is 1.77. The van der Waals surface area contributed by atoms with Gasteiger partial charge in [-0.3, -0.25) is 9.69 Å². The van der Waals surface area contributed by atoms with Gasteiger partial charge < -0.3 is 10.4 Å². The molecule has 1 fully saturated rings. The number of carbonyl (C=O) groups excluding carboxylic acids is 1. The van der Waals surface area contributed by atoms with Gasteiger partial charge in [-0.05, 0) is 24.8 Å². The van der Waals surface area contributed by atoms with Gasteiger partial charge in [0.2, 0.25) is 5.91 Å². The van der Waals surface area contributed by atoms with Crippen LogP contribution in [0, 0.1) is 0 Å². The predicted octanol–water partition coefficient (Wildman–Crippen LogP) is 0.992. The van der Waals surface area contributed by atoms with Gasteiger partial charge >= 0.3 is 0 Å². The third-order valence-electron chi connectivity index (χ3n) is 2.96. The number of nitrogens with one attached hydrogen (secondary N) is 1. The van der Waals surface area contributed by atoms with Gasteiger partial charge in [-0.15, -0.1) is 11.3 Å². The number of hydrogen-bond acceptors (Lipinski definition) is 4. The van der Waals surface area contributed by atoms with E-state index in [9.17, 15) is 9.90 Å². The summed E-state index contributed by atoms with van der Waals surface area (Å²) >= 11 is 1.65. The van der Waals surface area contributed by atoms with Crippen LogP contribution in [0.15, 0.2) is 17.5 Å². The first-order valence-electron chi connectivity index (χ1n) is 5.88. The lowest BCUT2D eigenvalue weighted by Crippen LogP contribution is -2.37. The van der Waals surface area contributed by atoms with E-state index in [0.717, 1.165) is 13.0 Å². The predicted molar refractivity (Wildman–Crippen MR) is 67.9 cm³/mol. The molecule has 17 heavy (non-hydrogen) atoms. The summed E-state index contributed by atoms with van der Waals surface area (Å²) in [5.41, 5.74) is 0. The molecule has 1 aliphatic rings. The lowest BCUT2D eigenvalue weighted by molar-refractivity contribution is -0.122. The number of hydrogen-bond donors (Lipinski definition) is 2. The van der Waals surface area contributed by atoms with Gasteiger partial charge in [-0.2, -0.15) is 0 Å². The van der Waals surface area contributed by atoms with Crippen molar-refractivity contribution < 1.29 is 9.90 Å². The zero-order valence-electron chi connectivity index (χ0n) is 9.93. The maximum atomic E-state index is 11.8. The molecule has 1 aromatic heterocycles. The van der Waals surface area contributed by atoms with Crippen molar-refractivity contribution in [1.82, 2.24) is 10.2 Å². The quantitative estimate of drug-likeness (QED) is 0.842. The highest BCUT2D eigenvalue weighted by Gasteiger charge is 2.22. The molecule has 94 valence electrons. The van der Waals surface area contributed by atoms with Crippen LogP contribution in [-0.2, 0) is 4.79 Å². The van der Waals surface area contributed by atoms with E-state index in [2.05, 4.69) is 5.32 Å². The van der Waals surface area contributed by atoms with Gasteiger partial charge in [0.15, 0.2) is 0 Å². The fraction of sp³-hybridized carbons (Fsp3) is 0.583. The Bertz CT molecular complexity index is 367. The van der Waals surface area contributed by atoms with Crippen molar-refractivity contribution >= 4 is 17.2 Å². The summed E-state index contributed by atoms with van der Waals surface area (Å²) in [6.07, 6.45) is 0.505. The fourth-order valence-electron chi connectivity index (χ4n) is 2.05. The van der Waals surface area contributed by atoms with Gasteiger partial charge in [-0.1, -0.05) is 6.07 Å². The molecule has 2 N–H and O–H groups in total. The van der Waals surface area contributed by atoms with E-state index in [0.29, 0.717) is 13.1 Å². The Morgan fingerprint density at radius 1 is 1.76 bits per heavy atom. The molecule has 2 rings (SSSR count). The average molecular weight is 254 g/mol. The third kappa shape index (κ3) is 3.52. The SMILES string of the molecule is CC(NC(=O)CN1CC[C@@H](O)C1)c1cccs1. The smallest absolute Gasteiger partial charge is 0.234 e. The molecule has 2 atom stereocenters. The van der Waals surface area contributed by atoms with Crippen LogP contribution in [0.3, 0.4) is 0 Å². The second-order valence-corrected chi connectivity index (χ2v) is 5.46. The molecule has 0 aromatic carbocycles. The summed E-state index contributed by atoms with van der Waals surface area (Å²) in [4.78, 5) is 14.9. The Labute approximate surface area is 105 Å². The number of aliphatic hydroxyl groups excluding tert-OH is 1. The first-order chi connectivity index (χ1) is 8.15. The molecular formula is C12H18N2O2S. The molecule has 0 aliphatic carbocycles. The third-order valence-corrected chi connectivity index (χ3v) is 4.02. The van der Waals surface area contributed by atoms with Crippen LogP contribution in [0.25, 0.3) is 0 Å². The zero-order valence-corrected chi connectivity index (χ0v) is 10.7. The molecule has 2 heterocycles. The van der Waals surface area contributed by atoms with Crippen LogP contribution in [0.2, 0.25) is 0 Å². The second kappa shape index (κ2) is 5.62. The number of β-amino-alcohol motifs (C(OH)–C–C–N with tert-alkyl or cyclic N) is 1. The van der Waals surface area contributed by atoms with Gasteiger partial charge in [0.1, 0.15) is 0 Å². The highest BCUT2D eigenvalue weighted by Crippen LogP contribution is 2.18. The van der Waals surface area contributed by atoms with Crippen molar-refractivity contribution in [1.29, 1.82) is 0 Å². The average Bonchev–Trinajstić information content (AvgIpc) is 2.89. The normalized spacial score (nSPS) is 22.6. The first kappa shape index (κ1) is 12.5. The highest BCUT2D eigenvalue weighted by molar-refractivity contribution is 7.10. The van der Waals surface area contributed by atoms with Gasteiger partial charge in [0, 0.05) is 18.0 Å². The minimum absolute atomic E-state index is 0.0278. The maximum absolute atomic E-state index is 11.8. The molecule has 1 unspecified atom stereocenters. The molecule has 1 saturated heterocycles. The summed E-state index contributed by atoms with van der Waals surface area (Å²) in [6, 6.07) is 4.07. The number of amides is 1. The Morgan fingerprint density at radius 3 is 3.18 bits per heavy atom. The number of carbonyl (C=O) groups is 1. The number of nitrogens with zero attached hydrogens (tertiary/aromatic N) is 1. The van der Waals surface area contributed by atoms with Gasteiger partial charge in [0.25, 0.3) is 0 Å². The van der Waals surface area contributed by atoms with E-state index < -0.39 is 0 Å². The lowest BCUT2D eigenvalue weighted by atomic mass is 10.3. The van der Waals surface area contributed by atoms with Gasteiger partial charge in [0.05, 0.1) is 18.7 Å². The van der Waals surface area contributed by atoms with E-state index in [-0.39, 0.29) is 18.1 Å². The molecule has 0 saturated carbocycles. The summed E-state index contributed by atoms with van der Waals surface area (Å²) < 4.78 is 0. The number of rotatable bonds is 4. The van der Waals surface area contributed by atoms with Crippen LogP contribution in [0.5, 0.6) is 0 Å². The monoisotopic (exact) mass is 254 g/mol. The summed E-state index contributed by atoms with van der Waals surface area (Å²) in [5, 5.41) is 14.4. The van der Waals surface area contributed by atoms with Gasteiger partial charge in [-0.25, -0.2) is 0 Å². The highest BCUT2D eigenvalue weighted by atomic mass is 32.1. The fourth-order valence-corrected chi connectivity index (χ4v) is 2.79. The van der Waals surface area contributed by atoms with Crippen molar-refractivity contribution in [2.24, 2.45) is 0 Å². The van der Waals surface area contributed by atoms with Crippen LogP contribution in [0.1, 0.15) is 24.3 Å². The Hall–Kier alpha value is -0.910. The summed E-state index contributed by atoms with van der Waals surface area (Å²) in [7, 11) is 0. The zero-order chi connectivity index (χ0) is 12.3. The molecule has 4 nitrogen and oxygen atoms in total. The molecule has 1 aliphatic heterocycles. The molecule has 1 amide bonds. The van der Waals surface area contributed by atoms with Crippen molar-refractivity contribution in [3.05, 3.63) is 22.4 Å². The number of aliphatic hydroxyl groups is 1. The van der Waals surface area contributed by atoms with Crippen LogP contribution >= 0.6 is 11.3 Å². The Morgan fingerprint density at radius 2 is 2.59 bits per heavy atom. The van der Waals surface area contributed by atoms with E-state index in [1.807, 2.05) is 29.3 Å². The van der Waals surface area contributed by atoms with Crippen LogP contribution in [-0.4, -0.2) is 41.7 Å². The second-order valence-electron chi connectivity index (χ2n) is 4.48. The van der Waals surface area contributed by atoms with E-state index >= 15 is 0 Å². The molecule has 5 heteroatoms. The molecule has 0 spiro atoms. The van der Waals surface area contributed by atoms with E-state index in [1.165, 1.54) is 4.88 Å². The van der Waals surface area contributed by atoms with Crippen molar-refractivity contribution in [3.63, 3.8) is 0 Å². The number of thiophene rings is 1. The molecule has 0 bridgehead atoms. The molecular weight excluding hydrogens is 236 g/mol. The Kier molecular flexibility index (Phi) is 4.15. The largest absolute Gasteiger partial charge is 0.392 e. The summed E-state index contributed by atoms with van der Waals surface area (Å²) in [5.74, 6) is 0.0278. The van der Waals surface area contributed by atoms with E-state index in [4.69, 9.17) is 0 Å². The minimum Gasteiger partial charge on any atom is -0.392 e. The lowest BCUT2D eigenvalue weighted by Gasteiger charge is -2.17. The van der Waals surface area contributed by atoms with Crippen molar-refractivity contribution in [2.75, 3.05) is 19.6 Å². The first-order valence-corrected chi connectivity index (χ1v) is 6.76. The van der Waals surface area contributed by atoms with Crippen LogP contribution in [0.4, 0.5) is 0 Å². The molecule has 1 aromatic rings. The van der Waals surface area contributed by atoms with Crippen LogP contribution < -0.4 is 5.32 Å². The summed E-state index contributed by atoms with van der Waals surface area (Å²) in [6.45, 7) is 3.79. The maximum Gasteiger partial charge on any atom is 0.234 e. The topological polar surface area (TPSA) is 52.6 Å². The molecule has 0 radical (unpaired) electrons. The van der Waals surface area contributed by atoms with E-state index in [1.54, 1.807) is 11.3 Å². The minimum atomic E-state index is -0.266. The standard InChI is InChI=1S/C12H18N2O2S/c1-9(11-3-2-6-17-11)13-12(16)8-14-5-4-10(15)7-14/h2-3,6,9-10,15H,4-5,7-8H2,1H3,(H,13,16)/t9?,10-/m1/s1. The van der Waals surface area contributed by atoms with Crippen molar-refractivity contribution in [2.45, 2.75) is 25.5 Å². The van der Waals surface area contributed by atoms with Crippen molar-refractivity contribution in [3.8, 4) is 0 Å². The number of likely N-dealkylation sites (tertiary alicyclic amines) is 1.